The highest BCUT2D eigenvalue weighted by Gasteiger charge is 2.28. The molecule has 3 aromatic rings. The van der Waals surface area contributed by atoms with Crippen molar-refractivity contribution < 1.29 is 0 Å². The molecule has 146 valence electrons. The number of aliphatic imine (C=N–C) groups is 1. The summed E-state index contributed by atoms with van der Waals surface area (Å²) in [4.78, 5) is 16.9. The zero-order valence-electron chi connectivity index (χ0n) is 16.7. The summed E-state index contributed by atoms with van der Waals surface area (Å²) in [7, 11) is 0. The van der Waals surface area contributed by atoms with Crippen LogP contribution >= 0.6 is 0 Å². The second kappa shape index (κ2) is 7.06. The van der Waals surface area contributed by atoms with E-state index >= 15 is 0 Å². The molecule has 0 saturated carbocycles. The summed E-state index contributed by atoms with van der Waals surface area (Å²) in [6, 6.07) is 15.0. The molecule has 2 aromatic carbocycles. The van der Waals surface area contributed by atoms with Crippen molar-refractivity contribution in [2.45, 2.75) is 12.8 Å². The second-order valence-electron chi connectivity index (χ2n) is 7.99. The standard InChI is InChI=1S/C26H22N4/c1-2-9-19(10-3-1)26-28-21-12-6-14-23-24(21)25(29-26)20-11-4-5-13-22(20)30(23)17-18-8-7-15-27-16-18/h2,4-15,18H,1,3,16-17H2. The molecule has 2 aliphatic heterocycles. The van der Waals surface area contributed by atoms with Crippen LogP contribution in [0.25, 0.3) is 27.7 Å². The van der Waals surface area contributed by atoms with Crippen LogP contribution in [0, 0.1) is 5.92 Å². The Morgan fingerprint density at radius 1 is 0.967 bits per heavy atom. The Kier molecular flexibility index (Phi) is 4.08. The van der Waals surface area contributed by atoms with Gasteiger partial charge in [0, 0.05) is 36.4 Å². The van der Waals surface area contributed by atoms with E-state index in [1.807, 2.05) is 6.21 Å². The maximum absolute atomic E-state index is 5.08. The molecule has 0 fully saturated rings. The molecule has 1 atom stereocenters. The predicted molar refractivity (Wildman–Crippen MR) is 124 cm³/mol. The molecule has 4 heteroatoms. The molecule has 1 aromatic heterocycles. The summed E-state index contributed by atoms with van der Waals surface area (Å²) >= 11 is 0. The average Bonchev–Trinajstić information content (AvgIpc) is 2.82. The highest BCUT2D eigenvalue weighted by atomic mass is 15.2. The number of hydrogen-bond acceptors (Lipinski definition) is 4. The number of benzene rings is 2. The third-order valence-electron chi connectivity index (χ3n) is 6.03. The number of hydrogen-bond donors (Lipinski definition) is 0. The van der Waals surface area contributed by atoms with Gasteiger partial charge in [0.05, 0.1) is 28.0 Å². The van der Waals surface area contributed by atoms with Crippen LogP contribution in [0.4, 0.5) is 11.4 Å². The van der Waals surface area contributed by atoms with E-state index in [-0.39, 0.29) is 0 Å². The Hall–Kier alpha value is -3.53. The number of nitrogens with zero attached hydrogens (tertiary/aromatic N) is 4. The molecule has 4 nitrogen and oxygen atoms in total. The van der Waals surface area contributed by atoms with Crippen molar-refractivity contribution in [3.05, 3.63) is 78.7 Å². The Morgan fingerprint density at radius 2 is 1.90 bits per heavy atom. The first kappa shape index (κ1) is 17.3. The van der Waals surface area contributed by atoms with Gasteiger partial charge in [-0.25, -0.2) is 9.97 Å². The lowest BCUT2D eigenvalue weighted by atomic mass is 9.95. The van der Waals surface area contributed by atoms with Gasteiger partial charge in [0.2, 0.25) is 0 Å². The van der Waals surface area contributed by atoms with Gasteiger partial charge in [-0.15, -0.1) is 0 Å². The molecule has 0 bridgehead atoms. The quantitative estimate of drug-likeness (QED) is 0.573. The van der Waals surface area contributed by atoms with Crippen molar-refractivity contribution >= 4 is 34.1 Å². The Balaban J connectivity index is 1.56. The first-order chi connectivity index (χ1) is 14.9. The minimum Gasteiger partial charge on any atom is -0.340 e. The summed E-state index contributed by atoms with van der Waals surface area (Å²) in [6.45, 7) is 1.72. The van der Waals surface area contributed by atoms with Gasteiger partial charge in [0.15, 0.2) is 5.82 Å². The van der Waals surface area contributed by atoms with Crippen molar-refractivity contribution in [1.82, 2.24) is 9.97 Å². The fourth-order valence-corrected chi connectivity index (χ4v) is 4.61. The maximum atomic E-state index is 5.08. The molecule has 0 spiro atoms. The molecule has 0 radical (unpaired) electrons. The first-order valence-electron chi connectivity index (χ1n) is 10.6. The zero-order valence-corrected chi connectivity index (χ0v) is 16.7. The average molecular weight is 390 g/mol. The van der Waals surface area contributed by atoms with E-state index in [0.29, 0.717) is 5.92 Å². The van der Waals surface area contributed by atoms with E-state index in [0.717, 1.165) is 53.9 Å². The van der Waals surface area contributed by atoms with E-state index in [2.05, 4.69) is 82.7 Å². The summed E-state index contributed by atoms with van der Waals surface area (Å²) in [5.74, 6) is 1.20. The normalized spacial score (nSPS) is 19.1. The maximum Gasteiger partial charge on any atom is 0.160 e. The van der Waals surface area contributed by atoms with E-state index in [9.17, 15) is 0 Å². The van der Waals surface area contributed by atoms with Gasteiger partial charge in [0.1, 0.15) is 0 Å². The van der Waals surface area contributed by atoms with Crippen LogP contribution in [0.2, 0.25) is 0 Å². The lowest BCUT2D eigenvalue weighted by Gasteiger charge is -2.34. The van der Waals surface area contributed by atoms with Crippen molar-refractivity contribution in [2.24, 2.45) is 10.9 Å². The summed E-state index contributed by atoms with van der Waals surface area (Å²) in [5.41, 5.74) is 6.73. The monoisotopic (exact) mass is 390 g/mol. The molecule has 0 amide bonds. The van der Waals surface area contributed by atoms with Gasteiger partial charge >= 0.3 is 0 Å². The van der Waals surface area contributed by atoms with Gasteiger partial charge < -0.3 is 4.90 Å². The highest BCUT2D eigenvalue weighted by molar-refractivity contribution is 6.09. The minimum atomic E-state index is 0.387. The third-order valence-corrected chi connectivity index (χ3v) is 6.03. The molecule has 1 aliphatic carbocycles. The molecule has 6 rings (SSSR count). The Morgan fingerprint density at radius 3 is 2.77 bits per heavy atom. The molecule has 1 unspecified atom stereocenters. The summed E-state index contributed by atoms with van der Waals surface area (Å²) in [5, 5.41) is 1.14. The topological polar surface area (TPSA) is 41.4 Å². The largest absolute Gasteiger partial charge is 0.340 e. The van der Waals surface area contributed by atoms with Gasteiger partial charge in [-0.1, -0.05) is 48.6 Å². The second-order valence-corrected chi connectivity index (χ2v) is 7.99. The Bertz CT molecular complexity index is 1270. The predicted octanol–water partition coefficient (Wildman–Crippen LogP) is 5.74. The molecular formula is C26H22N4. The zero-order chi connectivity index (χ0) is 19.9. The third kappa shape index (κ3) is 2.79. The van der Waals surface area contributed by atoms with E-state index < -0.39 is 0 Å². The molecule has 0 N–H and O–H groups in total. The van der Waals surface area contributed by atoms with Crippen LogP contribution in [0.3, 0.4) is 0 Å². The Labute approximate surface area is 176 Å². The number of allylic oxidation sites excluding steroid dienone is 5. The van der Waals surface area contributed by atoms with Crippen LogP contribution in [0.15, 0.2) is 77.8 Å². The fraction of sp³-hybridized carbons (Fsp3) is 0.192. The molecule has 30 heavy (non-hydrogen) atoms. The SMILES string of the molecule is C1=CC(CN2c3ccccc3-c3nc(C4=CCCC=C4)nc4cccc2c34)CN=C1. The number of rotatable bonds is 3. The first-order valence-corrected chi connectivity index (χ1v) is 10.6. The van der Waals surface area contributed by atoms with Crippen LogP contribution in [-0.4, -0.2) is 29.3 Å². The van der Waals surface area contributed by atoms with Crippen LogP contribution in [-0.2, 0) is 0 Å². The van der Waals surface area contributed by atoms with Crippen molar-refractivity contribution in [3.8, 4) is 11.3 Å². The van der Waals surface area contributed by atoms with E-state index in [1.54, 1.807) is 0 Å². The summed E-state index contributed by atoms with van der Waals surface area (Å²) in [6.07, 6.45) is 14.9. The number of dihydropyridines is 1. The van der Waals surface area contributed by atoms with Gasteiger partial charge in [-0.3, -0.25) is 4.99 Å². The van der Waals surface area contributed by atoms with Crippen molar-refractivity contribution in [3.63, 3.8) is 0 Å². The van der Waals surface area contributed by atoms with Gasteiger partial charge in [0.25, 0.3) is 0 Å². The number of fused-ring (bicyclic) bond motifs is 2. The van der Waals surface area contributed by atoms with E-state index in [4.69, 9.17) is 9.97 Å². The number of aromatic nitrogens is 2. The molecular weight excluding hydrogens is 368 g/mol. The molecule has 3 heterocycles. The fourth-order valence-electron chi connectivity index (χ4n) is 4.61. The number of anilines is 2. The highest BCUT2D eigenvalue weighted by Crippen LogP contribution is 2.46. The molecule has 0 saturated heterocycles. The van der Waals surface area contributed by atoms with Crippen molar-refractivity contribution in [1.29, 1.82) is 0 Å². The minimum absolute atomic E-state index is 0.387. The van der Waals surface area contributed by atoms with Crippen LogP contribution < -0.4 is 4.90 Å². The lowest BCUT2D eigenvalue weighted by molar-refractivity contribution is 0.661. The smallest absolute Gasteiger partial charge is 0.160 e. The van der Waals surface area contributed by atoms with Crippen molar-refractivity contribution in [2.75, 3.05) is 18.0 Å². The van der Waals surface area contributed by atoms with Gasteiger partial charge in [-0.05, 0) is 37.1 Å². The van der Waals surface area contributed by atoms with Crippen LogP contribution in [0.5, 0.6) is 0 Å². The lowest BCUT2D eigenvalue weighted by Crippen LogP contribution is -2.29. The number of para-hydroxylation sites is 1. The van der Waals surface area contributed by atoms with E-state index in [1.165, 1.54) is 16.9 Å². The molecule has 3 aliphatic rings. The van der Waals surface area contributed by atoms with Crippen LogP contribution in [0.1, 0.15) is 18.7 Å². The van der Waals surface area contributed by atoms with Gasteiger partial charge in [-0.2, -0.15) is 0 Å². The summed E-state index contributed by atoms with van der Waals surface area (Å²) < 4.78 is 0.